The maximum absolute atomic E-state index is 11.3. The van der Waals surface area contributed by atoms with Crippen molar-refractivity contribution < 1.29 is 60.7 Å². The number of aryl methyl sites for hydroxylation is 6. The first-order valence-electron chi connectivity index (χ1n) is 39.3. The van der Waals surface area contributed by atoms with Gasteiger partial charge in [-0.1, -0.05) is 316 Å². The summed E-state index contributed by atoms with van der Waals surface area (Å²) < 4.78 is 0. The van der Waals surface area contributed by atoms with Crippen LogP contribution in [0.1, 0.15) is 379 Å². The minimum absolute atomic E-state index is 0. The fourth-order valence-electron chi connectivity index (χ4n) is 12.7. The number of aromatic hydroxyl groups is 2. The van der Waals surface area contributed by atoms with Gasteiger partial charge in [0.15, 0.2) is 0 Å². The zero-order valence-electron chi connectivity index (χ0n) is 62.5. The zero-order valence-corrected chi connectivity index (χ0v) is 64.1. The fraction of sp³-hybridized carbons (Fsp3) is 0.651. The summed E-state index contributed by atoms with van der Waals surface area (Å²) in [6.07, 6.45) is 65.9. The number of phenols is 2. The van der Waals surface area contributed by atoms with E-state index in [1.165, 1.54) is 292 Å². The number of nitrogens with zero attached hydrogens (tertiary/aromatic N) is 2. The van der Waals surface area contributed by atoms with Gasteiger partial charge in [0.05, 0.1) is 33.9 Å². The number of carboxylic acids is 2. The van der Waals surface area contributed by atoms with Crippen molar-refractivity contribution in [3.05, 3.63) is 117 Å². The van der Waals surface area contributed by atoms with Gasteiger partial charge in [-0.3, -0.25) is 4.99 Å². The predicted octanol–water partition coefficient (Wildman–Crippen LogP) is 25.2. The number of aliphatic imine (C=N–C) groups is 2. The van der Waals surface area contributed by atoms with Crippen LogP contribution in [0.25, 0.3) is 0 Å². The van der Waals surface area contributed by atoms with Crippen LogP contribution in [0.5, 0.6) is 23.0 Å². The number of hydrogen-bond donors (Lipinski definition) is 4. The van der Waals surface area contributed by atoms with Gasteiger partial charge < -0.3 is 30.6 Å². The number of unbranched alkanes of at least 4 members (excludes halogenated alkanes) is 33. The molecule has 0 unspecified atom stereocenters. The number of hydrogen-bond acceptors (Lipinski definition) is 8. The van der Waals surface area contributed by atoms with Crippen LogP contribution < -0.4 is 10.2 Å². The Kier molecular flexibility index (Phi) is 55.2. The maximum Gasteiger partial charge on any atom is 2.00 e. The molecule has 0 amide bonds. The first-order valence-corrected chi connectivity index (χ1v) is 39.3. The SMILES string of the molecule is CCCCCCCCCCCCCCCCCCCCCCCCC=CC(=Nc1ccc(CCCCC)c(CCCCC)c1)C(CCCCCC)=Nc1ccc(CCCCC)c(CCCCC)c1.CCCc1ccc(O)c([O-])c1C(=O)O.CCCc1ccc(O)c([O-])c1C(=O)O.[Pd+2]. The molecule has 0 aliphatic carbocycles. The number of allylic oxidation sites excluding steroid dienone is 2. The molecule has 97 heavy (non-hydrogen) atoms. The summed E-state index contributed by atoms with van der Waals surface area (Å²) in [6.45, 7) is 17.7. The summed E-state index contributed by atoms with van der Waals surface area (Å²) in [5.41, 5.74) is 10.9. The summed E-state index contributed by atoms with van der Waals surface area (Å²) in [4.78, 5) is 32.7. The molecule has 0 aliphatic rings. The van der Waals surface area contributed by atoms with Gasteiger partial charge in [0.1, 0.15) is 11.5 Å². The third-order valence-electron chi connectivity index (χ3n) is 18.6. The van der Waals surface area contributed by atoms with Crippen molar-refractivity contribution in [2.75, 3.05) is 0 Å². The van der Waals surface area contributed by atoms with E-state index in [9.17, 15) is 19.8 Å². The molecule has 0 heterocycles. The molecular weight excluding hydrogens is 1300 g/mol. The zero-order chi connectivity index (χ0) is 70.2. The quantitative estimate of drug-likeness (QED) is 0.0191. The van der Waals surface area contributed by atoms with Crippen LogP contribution in [0.15, 0.2) is 82.8 Å². The average molecular weight is 1430 g/mol. The Bertz CT molecular complexity index is 2700. The summed E-state index contributed by atoms with van der Waals surface area (Å²) >= 11 is 0. The molecule has 4 N–H and O–H groups in total. The van der Waals surface area contributed by atoms with Gasteiger partial charge in [-0.05, 0) is 166 Å². The summed E-state index contributed by atoms with van der Waals surface area (Å²) in [6, 6.07) is 19.8. The Morgan fingerprint density at radius 2 is 0.649 bits per heavy atom. The monoisotopic (exact) mass is 1430 g/mol. The first kappa shape index (κ1) is 89.8. The molecular formula is C86H136N2O8Pd. The van der Waals surface area contributed by atoms with E-state index in [4.69, 9.17) is 30.4 Å². The predicted molar refractivity (Wildman–Crippen MR) is 407 cm³/mol. The number of rotatable bonds is 54. The molecule has 0 fully saturated rings. The van der Waals surface area contributed by atoms with Gasteiger partial charge in [0, 0.05) is 0 Å². The molecule has 4 aromatic rings. The van der Waals surface area contributed by atoms with Gasteiger partial charge in [-0.2, -0.15) is 0 Å². The molecule has 0 saturated carbocycles. The van der Waals surface area contributed by atoms with Crippen LogP contribution >= 0.6 is 0 Å². The molecule has 0 aliphatic heterocycles. The number of carboxylic acid groups (broad SMARTS) is 2. The molecule has 0 saturated heterocycles. The second-order valence-electron chi connectivity index (χ2n) is 27.2. The Balaban J connectivity index is 0.00000132. The topological polar surface area (TPSA) is 186 Å². The van der Waals surface area contributed by atoms with E-state index in [0.29, 0.717) is 24.0 Å². The molecule has 11 heteroatoms. The van der Waals surface area contributed by atoms with Gasteiger partial charge in [-0.15, -0.1) is 0 Å². The Morgan fingerprint density at radius 3 is 0.990 bits per heavy atom. The van der Waals surface area contributed by atoms with E-state index in [1.807, 2.05) is 13.8 Å². The number of aromatic carboxylic acids is 2. The summed E-state index contributed by atoms with van der Waals surface area (Å²) in [5, 5.41) is 58.3. The van der Waals surface area contributed by atoms with Crippen LogP contribution in [0.2, 0.25) is 0 Å². The molecule has 0 atom stereocenters. The number of phenolic OH excluding ortho intramolecular Hbond substituents is 2. The summed E-state index contributed by atoms with van der Waals surface area (Å²) in [7, 11) is 0. The fourth-order valence-corrected chi connectivity index (χ4v) is 12.7. The standard InChI is InChI=1S/C66H114N2.2C10H12O4.Pd/c1-7-13-19-21-22-23-24-25-26-27-28-29-30-31-32-33-34-35-36-37-38-39-40-46-52-66(68-64-56-54-60(48-42-16-10-4)62(58-64)50-44-18-12-6)65(51-45-20-14-8-2)67-63-55-53-59(47-41-15-9-3)61(57-63)49-43-17-11-5;2*1-2-3-6-4-5-7(11)9(12)8(6)10(13)14;/h46,52-58H,7-45,47-51H2,1-6H3;2*4-5,11-12H,2-3H2,1H3,(H,13,14);/q;;;+2/p-2. The first-order chi connectivity index (χ1) is 46.7. The van der Waals surface area contributed by atoms with E-state index >= 15 is 0 Å². The van der Waals surface area contributed by atoms with E-state index < -0.39 is 34.9 Å². The van der Waals surface area contributed by atoms with Crippen molar-refractivity contribution in [1.29, 1.82) is 0 Å². The maximum atomic E-state index is 11.3. The van der Waals surface area contributed by atoms with Crippen molar-refractivity contribution in [3.8, 4) is 23.0 Å². The van der Waals surface area contributed by atoms with Crippen LogP contribution in [-0.4, -0.2) is 43.8 Å². The third kappa shape index (κ3) is 40.6. The van der Waals surface area contributed by atoms with Gasteiger partial charge in [0.25, 0.3) is 0 Å². The minimum atomic E-state index is -1.28. The Labute approximate surface area is 605 Å². The van der Waals surface area contributed by atoms with Crippen molar-refractivity contribution in [3.63, 3.8) is 0 Å². The molecule has 0 bridgehead atoms. The average Bonchev–Trinajstić information content (AvgIpc) is 0.874. The van der Waals surface area contributed by atoms with E-state index in [1.54, 1.807) is 11.1 Å². The molecule has 0 radical (unpaired) electrons. The van der Waals surface area contributed by atoms with Crippen LogP contribution in [0, 0.1) is 0 Å². The third-order valence-corrected chi connectivity index (χ3v) is 18.6. The molecule has 4 rings (SSSR count). The van der Waals surface area contributed by atoms with Crippen LogP contribution in [-0.2, 0) is 58.9 Å². The molecule has 0 aromatic heterocycles. The van der Waals surface area contributed by atoms with Gasteiger partial charge >= 0.3 is 32.4 Å². The number of carbonyl (C=O) groups is 2. The van der Waals surface area contributed by atoms with Crippen molar-refractivity contribution in [2.45, 2.75) is 364 Å². The van der Waals surface area contributed by atoms with Crippen LogP contribution in [0.3, 0.4) is 0 Å². The second kappa shape index (κ2) is 59.6. The largest absolute Gasteiger partial charge is 2.00 e. The molecule has 10 nitrogen and oxygen atoms in total. The molecule has 0 spiro atoms. The number of benzene rings is 4. The van der Waals surface area contributed by atoms with E-state index in [2.05, 4.69) is 90.1 Å². The smallest absolute Gasteiger partial charge is 0.869 e. The van der Waals surface area contributed by atoms with E-state index in [-0.39, 0.29) is 31.5 Å². The van der Waals surface area contributed by atoms with E-state index in [0.717, 1.165) is 62.0 Å². The van der Waals surface area contributed by atoms with Gasteiger partial charge in [0.2, 0.25) is 0 Å². The Hall–Kier alpha value is -5.24. The van der Waals surface area contributed by atoms with Crippen molar-refractivity contribution in [2.24, 2.45) is 9.98 Å². The molecule has 548 valence electrons. The Morgan fingerprint density at radius 1 is 0.351 bits per heavy atom. The second-order valence-corrected chi connectivity index (χ2v) is 27.2. The van der Waals surface area contributed by atoms with Crippen LogP contribution in [0.4, 0.5) is 11.4 Å². The van der Waals surface area contributed by atoms with Gasteiger partial charge in [-0.25, -0.2) is 14.6 Å². The normalized spacial score (nSPS) is 11.5. The summed E-state index contributed by atoms with van der Waals surface area (Å²) in [5.74, 6) is -5.19. The minimum Gasteiger partial charge on any atom is -0.869 e. The van der Waals surface area contributed by atoms with Crippen molar-refractivity contribution >= 4 is 34.7 Å². The molecule has 4 aromatic carbocycles. The van der Waals surface area contributed by atoms with Crippen molar-refractivity contribution in [1.82, 2.24) is 0 Å².